The number of piperidine rings is 1. The minimum absolute atomic E-state index is 0.112. The van der Waals surface area contributed by atoms with Crippen molar-refractivity contribution < 1.29 is 9.18 Å². The van der Waals surface area contributed by atoms with E-state index in [1.807, 2.05) is 21.6 Å². The number of amides is 1. The summed E-state index contributed by atoms with van der Waals surface area (Å²) in [4.78, 5) is 18.7. The van der Waals surface area contributed by atoms with Crippen LogP contribution in [0.4, 0.5) is 4.39 Å². The predicted octanol–water partition coefficient (Wildman–Crippen LogP) is 3.82. The van der Waals surface area contributed by atoms with Crippen LogP contribution in [0.2, 0.25) is 0 Å². The second kappa shape index (κ2) is 8.73. The normalized spacial score (nSPS) is 16.8. The van der Waals surface area contributed by atoms with Gasteiger partial charge in [-0.25, -0.2) is 4.39 Å². The highest BCUT2D eigenvalue weighted by molar-refractivity contribution is 7.99. The molecule has 0 spiro atoms. The summed E-state index contributed by atoms with van der Waals surface area (Å²) in [5, 5.41) is 9.25. The van der Waals surface area contributed by atoms with Crippen LogP contribution >= 0.6 is 11.8 Å². The van der Waals surface area contributed by atoms with Crippen molar-refractivity contribution >= 4 is 17.7 Å². The molecule has 2 aromatic heterocycles. The number of likely N-dealkylation sites (tertiary alicyclic amines) is 1. The van der Waals surface area contributed by atoms with Gasteiger partial charge in [-0.2, -0.15) is 0 Å². The van der Waals surface area contributed by atoms with Gasteiger partial charge in [0.1, 0.15) is 5.82 Å². The minimum Gasteiger partial charge on any atom is -0.342 e. The fraction of sp³-hybridized carbons (Fsp3) is 0.333. The van der Waals surface area contributed by atoms with E-state index in [1.54, 1.807) is 24.5 Å². The van der Waals surface area contributed by atoms with Gasteiger partial charge < -0.3 is 4.90 Å². The molecule has 1 saturated heterocycles. The molecule has 3 aromatic rings. The van der Waals surface area contributed by atoms with E-state index in [4.69, 9.17) is 0 Å². The van der Waals surface area contributed by atoms with Crippen LogP contribution < -0.4 is 0 Å². The Morgan fingerprint density at radius 3 is 2.66 bits per heavy atom. The van der Waals surface area contributed by atoms with E-state index in [0.717, 1.165) is 30.8 Å². The molecular formula is C21H22FN5OS. The zero-order valence-electron chi connectivity index (χ0n) is 16.2. The molecule has 0 N–H and O–H groups in total. The number of carbonyl (C=O) groups is 1. The quantitative estimate of drug-likeness (QED) is 0.597. The largest absolute Gasteiger partial charge is 0.342 e. The minimum atomic E-state index is -0.309. The van der Waals surface area contributed by atoms with Crippen LogP contribution in [0.3, 0.4) is 0 Å². The zero-order chi connectivity index (χ0) is 20.2. The molecule has 0 bridgehead atoms. The van der Waals surface area contributed by atoms with E-state index in [-0.39, 0.29) is 11.7 Å². The highest BCUT2D eigenvalue weighted by Gasteiger charge is 2.23. The Morgan fingerprint density at radius 1 is 1.17 bits per heavy atom. The lowest BCUT2D eigenvalue weighted by Gasteiger charge is -2.30. The summed E-state index contributed by atoms with van der Waals surface area (Å²) in [6.45, 7) is 3.81. The van der Waals surface area contributed by atoms with Crippen LogP contribution in [0.1, 0.15) is 19.8 Å². The Bertz CT molecular complexity index is 976. The van der Waals surface area contributed by atoms with Crippen molar-refractivity contribution in [1.82, 2.24) is 24.6 Å². The van der Waals surface area contributed by atoms with Crippen molar-refractivity contribution in [2.45, 2.75) is 24.9 Å². The molecule has 1 fully saturated rings. The summed E-state index contributed by atoms with van der Waals surface area (Å²) in [6, 6.07) is 9.86. The maximum absolute atomic E-state index is 13.4. The molecule has 0 saturated carbocycles. The number of rotatable bonds is 5. The summed E-state index contributed by atoms with van der Waals surface area (Å²) in [6.07, 6.45) is 5.60. The monoisotopic (exact) mass is 411 g/mol. The van der Waals surface area contributed by atoms with Gasteiger partial charge in [0, 0.05) is 36.7 Å². The highest BCUT2D eigenvalue weighted by Crippen LogP contribution is 2.28. The average Bonchev–Trinajstić information content (AvgIpc) is 3.17. The van der Waals surface area contributed by atoms with Gasteiger partial charge in [0.15, 0.2) is 11.0 Å². The van der Waals surface area contributed by atoms with E-state index in [9.17, 15) is 9.18 Å². The summed E-state index contributed by atoms with van der Waals surface area (Å²) in [5.74, 6) is 1.26. The van der Waals surface area contributed by atoms with Gasteiger partial charge >= 0.3 is 0 Å². The second-order valence-corrected chi connectivity index (χ2v) is 8.17. The Balaban J connectivity index is 1.60. The lowest BCUT2D eigenvalue weighted by Crippen LogP contribution is -2.40. The van der Waals surface area contributed by atoms with Gasteiger partial charge in [0.25, 0.3) is 0 Å². The zero-order valence-corrected chi connectivity index (χ0v) is 17.0. The topological polar surface area (TPSA) is 63.9 Å². The van der Waals surface area contributed by atoms with Crippen LogP contribution in [-0.2, 0) is 4.79 Å². The molecule has 1 aliphatic rings. The molecule has 8 heteroatoms. The lowest BCUT2D eigenvalue weighted by molar-refractivity contribution is -0.130. The molecule has 0 aliphatic carbocycles. The van der Waals surface area contributed by atoms with Crippen LogP contribution in [0.5, 0.6) is 0 Å². The van der Waals surface area contributed by atoms with Crippen LogP contribution in [0.25, 0.3) is 17.1 Å². The second-order valence-electron chi connectivity index (χ2n) is 7.23. The molecule has 1 aromatic carbocycles. The van der Waals surface area contributed by atoms with E-state index in [0.29, 0.717) is 22.7 Å². The summed E-state index contributed by atoms with van der Waals surface area (Å²) in [7, 11) is 0. The number of aromatic nitrogens is 4. The van der Waals surface area contributed by atoms with Crippen molar-refractivity contribution in [1.29, 1.82) is 0 Å². The number of pyridine rings is 1. The number of halogens is 1. The lowest BCUT2D eigenvalue weighted by atomic mass is 10.0. The maximum Gasteiger partial charge on any atom is 0.233 e. The summed E-state index contributed by atoms with van der Waals surface area (Å²) < 4.78 is 15.3. The molecular weight excluding hydrogens is 389 g/mol. The van der Waals surface area contributed by atoms with E-state index in [2.05, 4.69) is 22.1 Å². The first-order chi connectivity index (χ1) is 14.1. The Hall–Kier alpha value is -2.74. The first kappa shape index (κ1) is 19.6. The number of hydrogen-bond acceptors (Lipinski definition) is 5. The van der Waals surface area contributed by atoms with Crippen molar-refractivity contribution in [3.05, 3.63) is 54.6 Å². The van der Waals surface area contributed by atoms with E-state index >= 15 is 0 Å². The van der Waals surface area contributed by atoms with Crippen LogP contribution in [-0.4, -0.2) is 49.4 Å². The number of carbonyl (C=O) groups excluding carboxylic acids is 1. The number of hydrogen-bond donors (Lipinski definition) is 0. The van der Waals surface area contributed by atoms with Crippen molar-refractivity contribution in [3.8, 4) is 17.1 Å². The third-order valence-corrected chi connectivity index (χ3v) is 5.90. The first-order valence-corrected chi connectivity index (χ1v) is 10.6. The maximum atomic E-state index is 13.4. The SMILES string of the molecule is C[C@@H]1CCCN(C(=O)CSc2nnc(-c3ccncc3)n2-c2ccc(F)cc2)C1. The molecule has 6 nitrogen and oxygen atoms in total. The molecule has 29 heavy (non-hydrogen) atoms. The van der Waals surface area contributed by atoms with Crippen LogP contribution in [0.15, 0.2) is 53.9 Å². The molecule has 4 rings (SSSR count). The number of benzene rings is 1. The third kappa shape index (κ3) is 4.48. The molecule has 0 unspecified atom stereocenters. The molecule has 3 heterocycles. The molecule has 150 valence electrons. The summed E-state index contributed by atoms with van der Waals surface area (Å²) >= 11 is 1.35. The summed E-state index contributed by atoms with van der Waals surface area (Å²) in [5.41, 5.74) is 1.59. The van der Waals surface area contributed by atoms with Crippen LogP contribution in [0, 0.1) is 11.7 Å². The molecule has 1 aliphatic heterocycles. The van der Waals surface area contributed by atoms with Gasteiger partial charge in [0.05, 0.1) is 5.75 Å². The van der Waals surface area contributed by atoms with E-state index < -0.39 is 0 Å². The van der Waals surface area contributed by atoms with Gasteiger partial charge in [-0.05, 0) is 55.2 Å². The van der Waals surface area contributed by atoms with Crippen molar-refractivity contribution in [2.75, 3.05) is 18.8 Å². The number of thioether (sulfide) groups is 1. The van der Waals surface area contributed by atoms with Gasteiger partial charge in [-0.15, -0.1) is 10.2 Å². The number of nitrogens with zero attached hydrogens (tertiary/aromatic N) is 5. The van der Waals surface area contributed by atoms with Crippen molar-refractivity contribution in [3.63, 3.8) is 0 Å². The van der Waals surface area contributed by atoms with Crippen molar-refractivity contribution in [2.24, 2.45) is 5.92 Å². The Morgan fingerprint density at radius 2 is 1.93 bits per heavy atom. The molecule has 0 radical (unpaired) electrons. The molecule has 1 atom stereocenters. The third-order valence-electron chi connectivity index (χ3n) is 4.99. The molecule has 1 amide bonds. The Kier molecular flexibility index (Phi) is 5.89. The fourth-order valence-corrected chi connectivity index (χ4v) is 4.36. The van der Waals surface area contributed by atoms with Gasteiger partial charge in [-0.3, -0.25) is 14.3 Å². The predicted molar refractivity (Wildman–Crippen MR) is 110 cm³/mol. The highest BCUT2D eigenvalue weighted by atomic mass is 32.2. The van der Waals surface area contributed by atoms with Gasteiger partial charge in [0.2, 0.25) is 5.91 Å². The van der Waals surface area contributed by atoms with E-state index in [1.165, 1.54) is 30.3 Å². The smallest absolute Gasteiger partial charge is 0.233 e. The standard InChI is InChI=1S/C21H22FN5OS/c1-15-3-2-12-26(13-15)19(28)14-29-21-25-24-20(16-8-10-23-11-9-16)27(21)18-6-4-17(22)5-7-18/h4-11,15H,2-3,12-14H2,1H3/t15-/m1/s1. The first-order valence-electron chi connectivity index (χ1n) is 9.64. The Labute approximate surface area is 173 Å². The average molecular weight is 412 g/mol. The fourth-order valence-electron chi connectivity index (χ4n) is 3.51. The van der Waals surface area contributed by atoms with Gasteiger partial charge in [-0.1, -0.05) is 18.7 Å².